The Hall–Kier alpha value is -2.90. The third-order valence-corrected chi connectivity index (χ3v) is 3.15. The van der Waals surface area contributed by atoms with E-state index in [1.165, 1.54) is 0 Å². The highest BCUT2D eigenvalue weighted by molar-refractivity contribution is 6.13. The van der Waals surface area contributed by atoms with Crippen LogP contribution in [-0.2, 0) is 4.79 Å². The van der Waals surface area contributed by atoms with Gasteiger partial charge in [-0.3, -0.25) is 4.99 Å². The van der Waals surface area contributed by atoms with E-state index in [1.807, 2.05) is 60.7 Å². The summed E-state index contributed by atoms with van der Waals surface area (Å²) in [5.41, 5.74) is 5.05. The Labute approximate surface area is 130 Å². The van der Waals surface area contributed by atoms with Gasteiger partial charge in [-0.1, -0.05) is 67.2 Å². The lowest BCUT2D eigenvalue weighted by atomic mass is 10.0. The average molecular weight is 291 g/mol. The number of hydrogen-bond donors (Lipinski definition) is 1. The number of carboxylic acids is 1. The number of carbonyl (C=O) groups is 1. The predicted octanol–water partition coefficient (Wildman–Crippen LogP) is 3.71. The first kappa shape index (κ1) is 15.5. The van der Waals surface area contributed by atoms with Gasteiger partial charge in [0, 0.05) is 17.5 Å². The number of carboxylic acid groups (broad SMARTS) is 1. The molecule has 0 amide bonds. The number of nitrogens with zero attached hydrogens (tertiary/aromatic N) is 1. The molecule has 3 heteroatoms. The zero-order chi connectivity index (χ0) is 15.8. The Kier molecular flexibility index (Phi) is 5.47. The van der Waals surface area contributed by atoms with Gasteiger partial charge in [-0.15, -0.1) is 5.73 Å². The molecule has 2 aromatic rings. The van der Waals surface area contributed by atoms with E-state index in [-0.39, 0.29) is 6.42 Å². The van der Waals surface area contributed by atoms with Gasteiger partial charge in [-0.25, -0.2) is 4.79 Å². The van der Waals surface area contributed by atoms with Crippen molar-refractivity contribution in [2.75, 3.05) is 0 Å². The van der Waals surface area contributed by atoms with Crippen molar-refractivity contribution < 1.29 is 9.90 Å². The van der Waals surface area contributed by atoms with E-state index in [0.717, 1.165) is 11.1 Å². The molecule has 0 aliphatic heterocycles. The molecule has 0 heterocycles. The second kappa shape index (κ2) is 7.77. The van der Waals surface area contributed by atoms with E-state index in [1.54, 1.807) is 6.08 Å². The Bertz CT molecular complexity index is 657. The van der Waals surface area contributed by atoms with Gasteiger partial charge in [0.2, 0.25) is 0 Å². The Balaban J connectivity index is 2.50. The maximum absolute atomic E-state index is 11.4. The van der Waals surface area contributed by atoms with Gasteiger partial charge in [0.25, 0.3) is 0 Å². The monoisotopic (exact) mass is 291 g/mol. The predicted molar refractivity (Wildman–Crippen MR) is 88.3 cm³/mol. The quantitative estimate of drug-likeness (QED) is 0.651. The molecule has 0 fully saturated rings. The maximum atomic E-state index is 11.4. The van der Waals surface area contributed by atoms with Gasteiger partial charge in [-0.05, 0) is 6.08 Å². The minimum absolute atomic E-state index is 0.266. The van der Waals surface area contributed by atoms with Crippen molar-refractivity contribution in [3.05, 3.63) is 90.2 Å². The number of hydrogen-bond acceptors (Lipinski definition) is 2. The summed E-state index contributed by atoms with van der Waals surface area (Å²) >= 11 is 0. The first-order valence-corrected chi connectivity index (χ1v) is 6.98. The van der Waals surface area contributed by atoms with Gasteiger partial charge >= 0.3 is 5.97 Å². The lowest BCUT2D eigenvalue weighted by molar-refractivity contribution is -0.138. The third-order valence-electron chi connectivity index (χ3n) is 3.15. The molecule has 0 saturated heterocycles. The minimum atomic E-state index is -0.962. The van der Waals surface area contributed by atoms with Gasteiger partial charge in [0.1, 0.15) is 0 Å². The van der Waals surface area contributed by atoms with Crippen molar-refractivity contribution >= 4 is 11.7 Å². The SMILES string of the molecule is C=C=CCC(N=C(c1ccccc1)c1ccccc1)C(=O)O. The summed E-state index contributed by atoms with van der Waals surface area (Å²) in [6.45, 7) is 3.47. The van der Waals surface area contributed by atoms with Crippen LogP contribution in [0.15, 0.2) is 84.0 Å². The van der Waals surface area contributed by atoms with Gasteiger partial charge < -0.3 is 5.11 Å². The van der Waals surface area contributed by atoms with Crippen molar-refractivity contribution in [3.63, 3.8) is 0 Å². The zero-order valence-corrected chi connectivity index (χ0v) is 12.1. The lowest BCUT2D eigenvalue weighted by Crippen LogP contribution is -2.20. The van der Waals surface area contributed by atoms with E-state index >= 15 is 0 Å². The molecule has 110 valence electrons. The molecule has 0 aliphatic rings. The molecule has 1 N–H and O–H groups in total. The molecule has 0 bridgehead atoms. The Morgan fingerprint density at radius 2 is 1.59 bits per heavy atom. The molecular formula is C19H17NO2. The van der Waals surface area contributed by atoms with Crippen LogP contribution in [0.3, 0.4) is 0 Å². The second-order valence-electron chi connectivity index (χ2n) is 4.71. The van der Waals surface area contributed by atoms with Crippen LogP contribution < -0.4 is 0 Å². The summed E-state index contributed by atoms with van der Waals surface area (Å²) in [6.07, 6.45) is 1.86. The van der Waals surface area contributed by atoms with Crippen LogP contribution in [0.25, 0.3) is 0 Å². The number of aliphatic imine (C=N–C) groups is 1. The van der Waals surface area contributed by atoms with Gasteiger partial charge in [-0.2, -0.15) is 0 Å². The molecule has 0 aliphatic carbocycles. The van der Waals surface area contributed by atoms with Crippen LogP contribution in [-0.4, -0.2) is 22.8 Å². The molecular weight excluding hydrogens is 274 g/mol. The Morgan fingerprint density at radius 1 is 1.09 bits per heavy atom. The fraction of sp³-hybridized carbons (Fsp3) is 0.105. The van der Waals surface area contributed by atoms with Crippen molar-refractivity contribution in [2.45, 2.75) is 12.5 Å². The van der Waals surface area contributed by atoms with E-state index in [9.17, 15) is 9.90 Å². The molecule has 0 saturated carbocycles. The van der Waals surface area contributed by atoms with Gasteiger partial charge in [0.15, 0.2) is 6.04 Å². The smallest absolute Gasteiger partial charge is 0.328 e. The Morgan fingerprint density at radius 3 is 2.00 bits per heavy atom. The normalized spacial score (nSPS) is 11.1. The van der Waals surface area contributed by atoms with E-state index in [2.05, 4.69) is 17.3 Å². The number of aliphatic carboxylic acids is 1. The van der Waals surface area contributed by atoms with Crippen LogP contribution in [0.2, 0.25) is 0 Å². The lowest BCUT2D eigenvalue weighted by Gasteiger charge is -2.11. The van der Waals surface area contributed by atoms with Crippen LogP contribution in [0.4, 0.5) is 0 Å². The van der Waals surface area contributed by atoms with Crippen LogP contribution in [0.5, 0.6) is 0 Å². The summed E-state index contributed by atoms with van der Waals surface area (Å²) in [5.74, 6) is -0.962. The number of rotatable bonds is 6. The minimum Gasteiger partial charge on any atom is -0.480 e. The van der Waals surface area contributed by atoms with Crippen LogP contribution >= 0.6 is 0 Å². The molecule has 1 unspecified atom stereocenters. The highest BCUT2D eigenvalue weighted by atomic mass is 16.4. The summed E-state index contributed by atoms with van der Waals surface area (Å²) in [4.78, 5) is 15.9. The summed E-state index contributed by atoms with van der Waals surface area (Å²) < 4.78 is 0. The van der Waals surface area contributed by atoms with E-state index in [0.29, 0.717) is 5.71 Å². The highest BCUT2D eigenvalue weighted by Crippen LogP contribution is 2.13. The zero-order valence-electron chi connectivity index (χ0n) is 12.1. The topological polar surface area (TPSA) is 49.7 Å². The average Bonchev–Trinajstić information content (AvgIpc) is 2.56. The van der Waals surface area contributed by atoms with Crippen LogP contribution in [0.1, 0.15) is 17.5 Å². The third kappa shape index (κ3) is 4.05. The van der Waals surface area contributed by atoms with Crippen molar-refractivity contribution in [1.29, 1.82) is 0 Å². The molecule has 0 aromatic heterocycles. The van der Waals surface area contributed by atoms with Gasteiger partial charge in [0.05, 0.1) is 5.71 Å². The highest BCUT2D eigenvalue weighted by Gasteiger charge is 2.17. The molecule has 0 spiro atoms. The fourth-order valence-corrected chi connectivity index (χ4v) is 2.07. The summed E-state index contributed by atoms with van der Waals surface area (Å²) in [7, 11) is 0. The molecule has 22 heavy (non-hydrogen) atoms. The van der Waals surface area contributed by atoms with Crippen LogP contribution in [0, 0.1) is 0 Å². The van der Waals surface area contributed by atoms with Crippen molar-refractivity contribution in [1.82, 2.24) is 0 Å². The fourth-order valence-electron chi connectivity index (χ4n) is 2.07. The first-order chi connectivity index (χ1) is 10.7. The largest absolute Gasteiger partial charge is 0.480 e. The molecule has 3 nitrogen and oxygen atoms in total. The maximum Gasteiger partial charge on any atom is 0.328 e. The first-order valence-electron chi connectivity index (χ1n) is 6.98. The number of benzene rings is 2. The van der Waals surface area contributed by atoms with Crippen molar-refractivity contribution in [3.8, 4) is 0 Å². The van der Waals surface area contributed by atoms with E-state index in [4.69, 9.17) is 0 Å². The standard InChI is InChI=1S/C19H17NO2/c1-2-3-14-17(19(21)22)20-18(15-10-6-4-7-11-15)16-12-8-5-9-13-16/h3-13,17H,1,14H2,(H,21,22). The summed E-state index contributed by atoms with van der Waals surface area (Å²) in [5, 5.41) is 9.37. The molecule has 1 atom stereocenters. The molecule has 2 rings (SSSR count). The summed E-state index contributed by atoms with van der Waals surface area (Å²) in [6, 6.07) is 18.3. The molecule has 2 aromatic carbocycles. The van der Waals surface area contributed by atoms with Crippen molar-refractivity contribution in [2.24, 2.45) is 4.99 Å². The molecule has 0 radical (unpaired) electrons. The van der Waals surface area contributed by atoms with E-state index < -0.39 is 12.0 Å². The second-order valence-corrected chi connectivity index (χ2v) is 4.71.